The van der Waals surface area contributed by atoms with E-state index in [1.807, 2.05) is 0 Å². The summed E-state index contributed by atoms with van der Waals surface area (Å²) in [7, 11) is 0. The van der Waals surface area contributed by atoms with Gasteiger partial charge in [-0.3, -0.25) is 9.51 Å². The van der Waals surface area contributed by atoms with Gasteiger partial charge in [0.15, 0.2) is 5.82 Å². The molecule has 4 heteroatoms. The summed E-state index contributed by atoms with van der Waals surface area (Å²) in [6.07, 6.45) is 16.9. The van der Waals surface area contributed by atoms with Crippen LogP contribution in [0.4, 0.5) is 0 Å². The number of rotatable bonds is 14. The number of nitrogens with zero attached hydrogens (tertiary/aromatic N) is 1. The molecule has 23 heavy (non-hydrogen) atoms. The summed E-state index contributed by atoms with van der Waals surface area (Å²) in [4.78, 5) is 13.9. The third-order valence-corrected chi connectivity index (χ3v) is 5.12. The van der Waals surface area contributed by atoms with Gasteiger partial charge in [0.2, 0.25) is 0 Å². The minimum atomic E-state index is -0.446. The average molecular weight is 325 g/mol. The molecule has 0 spiro atoms. The Labute approximate surface area is 141 Å². The zero-order valence-corrected chi connectivity index (χ0v) is 15.5. The lowest BCUT2D eigenvalue weighted by molar-refractivity contribution is 0.333. The van der Waals surface area contributed by atoms with Crippen LogP contribution in [0.25, 0.3) is 0 Å². The smallest absolute Gasteiger partial charge is 0.296 e. The van der Waals surface area contributed by atoms with E-state index >= 15 is 0 Å². The van der Waals surface area contributed by atoms with Crippen LogP contribution in [0.3, 0.4) is 0 Å². The molecule has 0 bridgehead atoms. The Balaban J connectivity index is 2.06. The molecule has 0 aliphatic carbocycles. The molecule has 1 rings (SSSR count). The Bertz CT molecular complexity index is 452. The summed E-state index contributed by atoms with van der Waals surface area (Å²) >= 11 is 0. The summed E-state index contributed by atoms with van der Waals surface area (Å²) in [5, 5.41) is 3.89. The van der Waals surface area contributed by atoms with Gasteiger partial charge in [-0.2, -0.15) is 0 Å². The van der Waals surface area contributed by atoms with Crippen LogP contribution in [0.1, 0.15) is 110 Å². The van der Waals surface area contributed by atoms with Gasteiger partial charge in [0.1, 0.15) is 0 Å². The molecule has 1 atom stereocenters. The van der Waals surface area contributed by atoms with Crippen LogP contribution < -0.4 is 5.76 Å². The van der Waals surface area contributed by atoms with E-state index in [2.05, 4.69) is 35.4 Å². The van der Waals surface area contributed by atoms with E-state index in [-0.39, 0.29) is 5.41 Å². The van der Waals surface area contributed by atoms with Crippen molar-refractivity contribution in [1.29, 1.82) is 0 Å². The lowest BCUT2D eigenvalue weighted by Gasteiger charge is -2.24. The topological polar surface area (TPSA) is 58.9 Å². The number of H-pyrrole nitrogens is 1. The molecule has 0 saturated carbocycles. The van der Waals surface area contributed by atoms with Crippen LogP contribution in [0.5, 0.6) is 0 Å². The van der Waals surface area contributed by atoms with Gasteiger partial charge in [0, 0.05) is 5.41 Å². The van der Waals surface area contributed by atoms with Crippen molar-refractivity contribution in [3.8, 4) is 0 Å². The molecule has 4 nitrogen and oxygen atoms in total. The summed E-state index contributed by atoms with van der Waals surface area (Å²) in [5.41, 5.74) is -0.0640. The monoisotopic (exact) mass is 324 g/mol. The molecule has 1 unspecified atom stereocenters. The van der Waals surface area contributed by atoms with Crippen molar-refractivity contribution >= 4 is 0 Å². The van der Waals surface area contributed by atoms with E-state index in [0.29, 0.717) is 5.82 Å². The van der Waals surface area contributed by atoms with Crippen molar-refractivity contribution in [1.82, 2.24) is 10.1 Å². The second-order valence-corrected chi connectivity index (χ2v) is 7.14. The molecule has 0 aliphatic rings. The summed E-state index contributed by atoms with van der Waals surface area (Å²) in [6.45, 7) is 6.58. The average Bonchev–Trinajstić information content (AvgIpc) is 2.99. The minimum absolute atomic E-state index is 0.0640. The maximum absolute atomic E-state index is 11.1. The normalized spacial score (nSPS) is 14.0. The van der Waals surface area contributed by atoms with E-state index in [9.17, 15) is 4.79 Å². The summed E-state index contributed by atoms with van der Waals surface area (Å²) < 4.78 is 4.66. The van der Waals surface area contributed by atoms with Gasteiger partial charge in [-0.25, -0.2) is 4.79 Å². The molecule has 0 aliphatic heterocycles. The quantitative estimate of drug-likeness (QED) is 0.444. The van der Waals surface area contributed by atoms with Gasteiger partial charge < -0.3 is 0 Å². The molecule has 1 heterocycles. The first-order valence-corrected chi connectivity index (χ1v) is 9.69. The first-order chi connectivity index (χ1) is 11.1. The van der Waals surface area contributed by atoms with Crippen molar-refractivity contribution in [2.45, 2.75) is 110 Å². The Morgan fingerprint density at radius 1 is 0.913 bits per heavy atom. The third kappa shape index (κ3) is 7.85. The van der Waals surface area contributed by atoms with Crippen LogP contribution in [-0.2, 0) is 5.41 Å². The van der Waals surface area contributed by atoms with Crippen LogP contribution in [0.2, 0.25) is 0 Å². The Hall–Kier alpha value is -1.06. The Morgan fingerprint density at radius 3 is 1.87 bits per heavy atom. The highest BCUT2D eigenvalue weighted by molar-refractivity contribution is 5.02. The highest BCUT2D eigenvalue weighted by Crippen LogP contribution is 2.30. The van der Waals surface area contributed by atoms with E-state index in [0.717, 1.165) is 12.8 Å². The van der Waals surface area contributed by atoms with Crippen LogP contribution in [0.15, 0.2) is 9.32 Å². The van der Waals surface area contributed by atoms with Gasteiger partial charge in [-0.1, -0.05) is 96.6 Å². The molecule has 0 aromatic carbocycles. The van der Waals surface area contributed by atoms with Crippen LogP contribution >= 0.6 is 0 Å². The second-order valence-electron chi connectivity index (χ2n) is 7.14. The maximum atomic E-state index is 11.1. The second kappa shape index (κ2) is 11.5. The highest BCUT2D eigenvalue weighted by Gasteiger charge is 2.28. The standard InChI is InChI=1S/C19H36N2O2/c1-4-6-7-8-9-10-11-12-13-14-15-16-19(3,5-2)17-20-18(22)23-21-17/h4-16H2,1-3H3,(H,20,21,22). The third-order valence-electron chi connectivity index (χ3n) is 5.12. The van der Waals surface area contributed by atoms with E-state index in [1.54, 1.807) is 0 Å². The Kier molecular flexibility index (Phi) is 9.97. The van der Waals surface area contributed by atoms with Gasteiger partial charge >= 0.3 is 5.76 Å². The molecule has 0 fully saturated rings. The Morgan fingerprint density at radius 2 is 1.43 bits per heavy atom. The summed E-state index contributed by atoms with van der Waals surface area (Å²) in [5.74, 6) is 0.260. The highest BCUT2D eigenvalue weighted by atomic mass is 16.5. The first-order valence-electron chi connectivity index (χ1n) is 9.69. The molecule has 0 radical (unpaired) electrons. The van der Waals surface area contributed by atoms with Crippen molar-refractivity contribution in [2.24, 2.45) is 0 Å². The fourth-order valence-electron chi connectivity index (χ4n) is 3.13. The van der Waals surface area contributed by atoms with Gasteiger partial charge in [0.25, 0.3) is 0 Å². The minimum Gasteiger partial charge on any atom is -0.296 e. The molecule has 134 valence electrons. The largest absolute Gasteiger partial charge is 0.438 e. The fraction of sp³-hybridized carbons (Fsp3) is 0.895. The predicted molar refractivity (Wildman–Crippen MR) is 95.8 cm³/mol. The van der Waals surface area contributed by atoms with E-state index in [1.165, 1.54) is 70.6 Å². The van der Waals surface area contributed by atoms with Gasteiger partial charge in [-0.05, 0) is 12.8 Å². The number of aromatic nitrogens is 2. The maximum Gasteiger partial charge on any atom is 0.438 e. The van der Waals surface area contributed by atoms with Crippen molar-refractivity contribution in [3.63, 3.8) is 0 Å². The molecule has 1 aromatic heterocycles. The van der Waals surface area contributed by atoms with Crippen molar-refractivity contribution in [3.05, 3.63) is 16.4 Å². The molecule has 1 aromatic rings. The predicted octanol–water partition coefficient (Wildman–Crippen LogP) is 5.73. The van der Waals surface area contributed by atoms with Crippen LogP contribution in [0, 0.1) is 0 Å². The van der Waals surface area contributed by atoms with Gasteiger partial charge in [-0.15, -0.1) is 0 Å². The zero-order chi connectivity index (χ0) is 17.0. The lowest BCUT2D eigenvalue weighted by Crippen LogP contribution is -2.23. The van der Waals surface area contributed by atoms with Crippen LogP contribution in [-0.4, -0.2) is 10.1 Å². The number of nitrogens with one attached hydrogen (secondary N) is 1. The SMILES string of the molecule is CCCCCCCCCCCCCC(C)(CC)c1noc(=O)[nH]1. The zero-order valence-electron chi connectivity index (χ0n) is 15.5. The number of aromatic amines is 1. The summed E-state index contributed by atoms with van der Waals surface area (Å²) in [6, 6.07) is 0. The van der Waals surface area contributed by atoms with Crippen molar-refractivity contribution in [2.75, 3.05) is 0 Å². The first kappa shape index (κ1) is 20.0. The molecule has 0 saturated heterocycles. The molecule has 1 N–H and O–H groups in total. The fourth-order valence-corrected chi connectivity index (χ4v) is 3.13. The molecular formula is C19H36N2O2. The molecule has 0 amide bonds. The lowest BCUT2D eigenvalue weighted by atomic mass is 9.81. The van der Waals surface area contributed by atoms with Gasteiger partial charge in [0.05, 0.1) is 0 Å². The van der Waals surface area contributed by atoms with Crippen molar-refractivity contribution < 1.29 is 4.52 Å². The number of unbranched alkanes of at least 4 members (excludes halogenated alkanes) is 10. The van der Waals surface area contributed by atoms with E-state index < -0.39 is 5.76 Å². The number of hydrogen-bond acceptors (Lipinski definition) is 3. The number of hydrogen-bond donors (Lipinski definition) is 1. The molecular weight excluding hydrogens is 288 g/mol. The van der Waals surface area contributed by atoms with E-state index in [4.69, 9.17) is 0 Å².